The van der Waals surface area contributed by atoms with Gasteiger partial charge in [0.15, 0.2) is 0 Å². The van der Waals surface area contributed by atoms with Crippen molar-refractivity contribution < 1.29 is 9.53 Å². The molecule has 0 radical (unpaired) electrons. The van der Waals surface area contributed by atoms with Gasteiger partial charge in [-0.05, 0) is 43.5 Å². The van der Waals surface area contributed by atoms with Crippen LogP contribution in [-0.4, -0.2) is 12.6 Å². The van der Waals surface area contributed by atoms with Crippen molar-refractivity contribution in [1.82, 2.24) is 0 Å². The zero-order valence-corrected chi connectivity index (χ0v) is 8.96. The van der Waals surface area contributed by atoms with Crippen molar-refractivity contribution in [1.29, 1.82) is 0 Å². The number of hydrogen-bond acceptors (Lipinski definition) is 2. The van der Waals surface area contributed by atoms with E-state index >= 15 is 0 Å². The van der Waals surface area contributed by atoms with E-state index in [0.717, 1.165) is 12.0 Å². The van der Waals surface area contributed by atoms with Gasteiger partial charge in [-0.25, -0.2) is 4.79 Å². The van der Waals surface area contributed by atoms with Gasteiger partial charge in [-0.15, -0.1) is 0 Å². The van der Waals surface area contributed by atoms with Crippen LogP contribution in [0.2, 0.25) is 0 Å². The lowest BCUT2D eigenvalue weighted by molar-refractivity contribution is 0.0505. The molecule has 1 aromatic carbocycles. The van der Waals surface area contributed by atoms with Crippen LogP contribution < -0.4 is 0 Å². The number of aryl methyl sites for hydroxylation is 2. The molecule has 1 aromatic rings. The minimum Gasteiger partial charge on any atom is -0.462 e. The topological polar surface area (TPSA) is 26.3 Å². The molecule has 14 heavy (non-hydrogen) atoms. The Morgan fingerprint density at radius 1 is 1.29 bits per heavy atom. The Hall–Kier alpha value is -1.31. The molecule has 0 unspecified atom stereocenters. The minimum atomic E-state index is -0.227. The molecule has 2 nitrogen and oxygen atoms in total. The maximum absolute atomic E-state index is 11.4. The SMILES string of the molecule is CCCOC(=O)c1ccc(C)c(C)c1. The largest absolute Gasteiger partial charge is 0.462 e. The molecule has 0 aliphatic carbocycles. The molecule has 0 N–H and O–H groups in total. The normalized spacial score (nSPS) is 9.93. The third kappa shape index (κ3) is 2.59. The first kappa shape index (κ1) is 10.8. The van der Waals surface area contributed by atoms with Crippen molar-refractivity contribution in [2.24, 2.45) is 0 Å². The summed E-state index contributed by atoms with van der Waals surface area (Å²) in [6, 6.07) is 5.62. The molecule has 0 saturated carbocycles. The molecular formula is C12H16O2. The molecule has 0 spiro atoms. The van der Waals surface area contributed by atoms with Gasteiger partial charge in [0.05, 0.1) is 12.2 Å². The second-order valence-electron chi connectivity index (χ2n) is 3.43. The second-order valence-corrected chi connectivity index (χ2v) is 3.43. The van der Waals surface area contributed by atoms with Crippen LogP contribution in [0, 0.1) is 13.8 Å². The van der Waals surface area contributed by atoms with Crippen molar-refractivity contribution >= 4 is 5.97 Å². The highest BCUT2D eigenvalue weighted by Gasteiger charge is 2.06. The fraction of sp³-hybridized carbons (Fsp3) is 0.417. The van der Waals surface area contributed by atoms with E-state index in [-0.39, 0.29) is 5.97 Å². The molecule has 0 aliphatic rings. The van der Waals surface area contributed by atoms with E-state index < -0.39 is 0 Å². The van der Waals surface area contributed by atoms with E-state index in [1.807, 2.05) is 32.9 Å². The summed E-state index contributed by atoms with van der Waals surface area (Å²) in [4.78, 5) is 11.4. The van der Waals surface area contributed by atoms with Crippen LogP contribution in [0.4, 0.5) is 0 Å². The third-order valence-corrected chi connectivity index (χ3v) is 2.18. The average Bonchev–Trinajstić information content (AvgIpc) is 2.18. The Kier molecular flexibility index (Phi) is 3.69. The quantitative estimate of drug-likeness (QED) is 0.688. The van der Waals surface area contributed by atoms with Gasteiger partial charge in [0, 0.05) is 0 Å². The molecule has 0 saturated heterocycles. The van der Waals surface area contributed by atoms with Gasteiger partial charge in [-0.2, -0.15) is 0 Å². The van der Waals surface area contributed by atoms with Gasteiger partial charge in [0.2, 0.25) is 0 Å². The van der Waals surface area contributed by atoms with Gasteiger partial charge in [0.1, 0.15) is 0 Å². The van der Waals surface area contributed by atoms with Crippen molar-refractivity contribution in [2.75, 3.05) is 6.61 Å². The van der Waals surface area contributed by atoms with E-state index in [9.17, 15) is 4.79 Å². The molecule has 0 atom stereocenters. The van der Waals surface area contributed by atoms with Crippen molar-refractivity contribution in [2.45, 2.75) is 27.2 Å². The molecule has 0 heterocycles. The Labute approximate surface area is 84.9 Å². The molecule has 0 amide bonds. The molecule has 0 bridgehead atoms. The number of carbonyl (C=O) groups excluding carboxylic acids is 1. The molecule has 76 valence electrons. The first-order valence-electron chi connectivity index (χ1n) is 4.89. The minimum absolute atomic E-state index is 0.227. The molecule has 0 aliphatic heterocycles. The number of carbonyl (C=O) groups is 1. The summed E-state index contributed by atoms with van der Waals surface area (Å²) < 4.78 is 5.03. The molecule has 2 heteroatoms. The van der Waals surface area contributed by atoms with Crippen LogP contribution >= 0.6 is 0 Å². The van der Waals surface area contributed by atoms with Crippen LogP contribution in [0.3, 0.4) is 0 Å². The standard InChI is InChI=1S/C12H16O2/c1-4-7-14-12(13)11-6-5-9(2)10(3)8-11/h5-6,8H,4,7H2,1-3H3. The first-order valence-corrected chi connectivity index (χ1v) is 4.89. The van der Waals surface area contributed by atoms with Crippen LogP contribution in [0.15, 0.2) is 18.2 Å². The van der Waals surface area contributed by atoms with E-state index in [1.54, 1.807) is 6.07 Å². The highest BCUT2D eigenvalue weighted by atomic mass is 16.5. The summed E-state index contributed by atoms with van der Waals surface area (Å²) in [5.74, 6) is -0.227. The first-order chi connectivity index (χ1) is 6.65. The molecule has 0 aromatic heterocycles. The maximum atomic E-state index is 11.4. The van der Waals surface area contributed by atoms with E-state index in [0.29, 0.717) is 12.2 Å². The van der Waals surface area contributed by atoms with Crippen LogP contribution in [0.5, 0.6) is 0 Å². The summed E-state index contributed by atoms with van der Waals surface area (Å²) >= 11 is 0. The molecular weight excluding hydrogens is 176 g/mol. The number of esters is 1. The van der Waals surface area contributed by atoms with Gasteiger partial charge in [-0.1, -0.05) is 13.0 Å². The maximum Gasteiger partial charge on any atom is 0.338 e. The molecule has 0 fully saturated rings. The van der Waals surface area contributed by atoms with Crippen LogP contribution in [0.1, 0.15) is 34.8 Å². The van der Waals surface area contributed by atoms with Crippen LogP contribution in [0.25, 0.3) is 0 Å². The average molecular weight is 192 g/mol. The summed E-state index contributed by atoms with van der Waals surface area (Å²) in [6.45, 7) is 6.49. The zero-order valence-electron chi connectivity index (χ0n) is 8.96. The van der Waals surface area contributed by atoms with Crippen molar-refractivity contribution in [3.63, 3.8) is 0 Å². The van der Waals surface area contributed by atoms with Crippen molar-refractivity contribution in [3.8, 4) is 0 Å². The smallest absolute Gasteiger partial charge is 0.338 e. The van der Waals surface area contributed by atoms with Crippen LogP contribution in [-0.2, 0) is 4.74 Å². The lowest BCUT2D eigenvalue weighted by atomic mass is 10.1. The highest BCUT2D eigenvalue weighted by Crippen LogP contribution is 2.10. The number of hydrogen-bond donors (Lipinski definition) is 0. The monoisotopic (exact) mass is 192 g/mol. The Balaban J connectivity index is 2.76. The summed E-state index contributed by atoms with van der Waals surface area (Å²) in [5, 5.41) is 0. The van der Waals surface area contributed by atoms with E-state index in [2.05, 4.69) is 0 Å². The lowest BCUT2D eigenvalue weighted by Crippen LogP contribution is -2.06. The predicted molar refractivity (Wildman–Crippen MR) is 56.5 cm³/mol. The fourth-order valence-corrected chi connectivity index (χ4v) is 1.15. The van der Waals surface area contributed by atoms with Gasteiger partial charge in [-0.3, -0.25) is 0 Å². The van der Waals surface area contributed by atoms with Crippen molar-refractivity contribution in [3.05, 3.63) is 34.9 Å². The summed E-state index contributed by atoms with van der Waals surface area (Å²) in [7, 11) is 0. The van der Waals surface area contributed by atoms with Gasteiger partial charge < -0.3 is 4.74 Å². The summed E-state index contributed by atoms with van der Waals surface area (Å²) in [5.41, 5.74) is 2.95. The number of ether oxygens (including phenoxy) is 1. The Morgan fingerprint density at radius 3 is 2.57 bits per heavy atom. The molecule has 1 rings (SSSR count). The Bertz CT molecular complexity index is 329. The van der Waals surface area contributed by atoms with Gasteiger partial charge >= 0.3 is 5.97 Å². The lowest BCUT2D eigenvalue weighted by Gasteiger charge is -2.05. The van der Waals surface area contributed by atoms with E-state index in [4.69, 9.17) is 4.74 Å². The van der Waals surface area contributed by atoms with E-state index in [1.165, 1.54) is 5.56 Å². The Morgan fingerprint density at radius 2 is 2.00 bits per heavy atom. The summed E-state index contributed by atoms with van der Waals surface area (Å²) in [6.07, 6.45) is 0.858. The second kappa shape index (κ2) is 4.80. The van der Waals surface area contributed by atoms with Gasteiger partial charge in [0.25, 0.3) is 0 Å². The third-order valence-electron chi connectivity index (χ3n) is 2.18. The highest BCUT2D eigenvalue weighted by molar-refractivity contribution is 5.89. The fourth-order valence-electron chi connectivity index (χ4n) is 1.15. The predicted octanol–water partition coefficient (Wildman–Crippen LogP) is 2.87. The number of benzene rings is 1. The zero-order chi connectivity index (χ0) is 10.6. The number of rotatable bonds is 3.